The predicted octanol–water partition coefficient (Wildman–Crippen LogP) is 3.39. The molecule has 0 radical (unpaired) electrons. The fourth-order valence-corrected chi connectivity index (χ4v) is 3.63. The smallest absolute Gasteiger partial charge is 0.199 e. The Labute approximate surface area is 153 Å². The summed E-state index contributed by atoms with van der Waals surface area (Å²) in [5.41, 5.74) is 10.00. The first-order valence-electron chi connectivity index (χ1n) is 9.04. The minimum atomic E-state index is 0.140. The number of nitrogens with two attached hydrogens (primary N) is 1. The van der Waals surface area contributed by atoms with E-state index in [1.54, 1.807) is 0 Å². The van der Waals surface area contributed by atoms with Crippen LogP contribution in [0.2, 0.25) is 0 Å². The Morgan fingerprint density at radius 2 is 1.88 bits per heavy atom. The van der Waals surface area contributed by atoms with Crippen LogP contribution >= 0.6 is 0 Å². The lowest BCUT2D eigenvalue weighted by atomic mass is 9.99. The zero-order chi connectivity index (χ0) is 18.1. The Bertz CT molecular complexity index is 937. The Balaban J connectivity index is 1.85. The van der Waals surface area contributed by atoms with Crippen LogP contribution in [0.4, 0.5) is 5.69 Å². The van der Waals surface area contributed by atoms with E-state index in [2.05, 4.69) is 16.9 Å². The number of hydrogen-bond donors (Lipinski definition) is 3. The molecule has 5 nitrogen and oxygen atoms in total. The number of fused-ring (bicyclic) bond motifs is 1. The summed E-state index contributed by atoms with van der Waals surface area (Å²) in [6.07, 6.45) is 2.06. The molecule has 0 unspecified atom stereocenters. The summed E-state index contributed by atoms with van der Waals surface area (Å²) in [6, 6.07) is 16.0. The number of aliphatic imine (C=N–C) groups is 1. The van der Waals surface area contributed by atoms with Crippen LogP contribution in [0.1, 0.15) is 24.0 Å². The van der Waals surface area contributed by atoms with Crippen molar-refractivity contribution in [3.05, 3.63) is 59.7 Å². The quantitative estimate of drug-likeness (QED) is 0.501. The molecule has 5 heteroatoms. The van der Waals surface area contributed by atoms with Crippen molar-refractivity contribution in [2.24, 2.45) is 4.99 Å². The lowest BCUT2D eigenvalue weighted by molar-refractivity contribution is 0.257. The number of aromatic amines is 1. The molecular weight excluding hydrogens is 324 g/mol. The van der Waals surface area contributed by atoms with Gasteiger partial charge in [0, 0.05) is 16.6 Å². The second kappa shape index (κ2) is 6.84. The van der Waals surface area contributed by atoms with Crippen molar-refractivity contribution < 1.29 is 5.11 Å². The van der Waals surface area contributed by atoms with E-state index in [-0.39, 0.29) is 11.9 Å². The van der Waals surface area contributed by atoms with Gasteiger partial charge in [0.05, 0.1) is 22.8 Å². The molecule has 0 saturated carbocycles. The SMILES string of the molecule is CN1CCC(N=C(c2ccccc2)c2c(O)[nH]c3cc(N)ccc23)CC1. The number of anilines is 1. The number of aromatic hydroxyl groups is 1. The molecule has 1 aliphatic rings. The highest BCUT2D eigenvalue weighted by Gasteiger charge is 2.22. The van der Waals surface area contributed by atoms with Gasteiger partial charge in [-0.15, -0.1) is 0 Å². The maximum atomic E-state index is 10.6. The highest BCUT2D eigenvalue weighted by Crippen LogP contribution is 2.32. The summed E-state index contributed by atoms with van der Waals surface area (Å²) in [5.74, 6) is 0.140. The number of benzene rings is 2. The molecular formula is C21H24N4O. The number of nitrogens with one attached hydrogen (secondary N) is 1. The fourth-order valence-electron chi connectivity index (χ4n) is 3.63. The number of aromatic nitrogens is 1. The normalized spacial score (nSPS) is 17.0. The van der Waals surface area contributed by atoms with E-state index in [1.807, 2.05) is 48.5 Å². The molecule has 2 aromatic carbocycles. The molecule has 0 aliphatic carbocycles. The first kappa shape index (κ1) is 16.7. The summed E-state index contributed by atoms with van der Waals surface area (Å²) in [6.45, 7) is 2.10. The van der Waals surface area contributed by atoms with Gasteiger partial charge < -0.3 is 20.7 Å². The van der Waals surface area contributed by atoms with Gasteiger partial charge in [-0.05, 0) is 51.2 Å². The van der Waals surface area contributed by atoms with Gasteiger partial charge in [-0.1, -0.05) is 30.3 Å². The highest BCUT2D eigenvalue weighted by atomic mass is 16.3. The van der Waals surface area contributed by atoms with Crippen LogP contribution in [0.5, 0.6) is 5.88 Å². The van der Waals surface area contributed by atoms with Crippen molar-refractivity contribution in [3.8, 4) is 5.88 Å². The third-order valence-corrected chi connectivity index (χ3v) is 5.09. The van der Waals surface area contributed by atoms with E-state index in [4.69, 9.17) is 10.7 Å². The highest BCUT2D eigenvalue weighted by molar-refractivity contribution is 6.21. The molecule has 2 heterocycles. The van der Waals surface area contributed by atoms with Crippen molar-refractivity contribution in [2.45, 2.75) is 18.9 Å². The largest absolute Gasteiger partial charge is 0.494 e. The van der Waals surface area contributed by atoms with Crippen molar-refractivity contribution in [1.29, 1.82) is 0 Å². The third-order valence-electron chi connectivity index (χ3n) is 5.09. The van der Waals surface area contributed by atoms with E-state index >= 15 is 0 Å². The number of nitrogens with zero attached hydrogens (tertiary/aromatic N) is 2. The Morgan fingerprint density at radius 1 is 1.15 bits per heavy atom. The Hall–Kier alpha value is -2.79. The average Bonchev–Trinajstić information content (AvgIpc) is 2.97. The van der Waals surface area contributed by atoms with Gasteiger partial charge >= 0.3 is 0 Å². The van der Waals surface area contributed by atoms with Gasteiger partial charge in [-0.2, -0.15) is 0 Å². The first-order valence-corrected chi connectivity index (χ1v) is 9.04. The minimum Gasteiger partial charge on any atom is -0.494 e. The molecule has 1 fully saturated rings. The zero-order valence-corrected chi connectivity index (χ0v) is 14.9. The molecule has 0 bridgehead atoms. The molecule has 1 saturated heterocycles. The number of H-pyrrole nitrogens is 1. The van der Waals surface area contributed by atoms with E-state index in [0.29, 0.717) is 5.69 Å². The lowest BCUT2D eigenvalue weighted by Gasteiger charge is -2.27. The predicted molar refractivity (Wildman–Crippen MR) is 107 cm³/mol. The first-order chi connectivity index (χ1) is 12.6. The molecule has 26 heavy (non-hydrogen) atoms. The molecule has 4 rings (SSSR count). The summed E-state index contributed by atoms with van der Waals surface area (Å²) >= 11 is 0. The number of piperidine rings is 1. The van der Waals surface area contributed by atoms with E-state index < -0.39 is 0 Å². The van der Waals surface area contributed by atoms with Crippen LogP contribution in [0, 0.1) is 0 Å². The van der Waals surface area contributed by atoms with Crippen molar-refractivity contribution in [3.63, 3.8) is 0 Å². The molecule has 0 amide bonds. The van der Waals surface area contributed by atoms with Crippen LogP contribution in [0.25, 0.3) is 10.9 Å². The average molecular weight is 348 g/mol. The Kier molecular flexibility index (Phi) is 4.39. The van der Waals surface area contributed by atoms with Crippen molar-refractivity contribution in [2.75, 3.05) is 25.9 Å². The molecule has 0 atom stereocenters. The van der Waals surface area contributed by atoms with Gasteiger partial charge in [0.1, 0.15) is 0 Å². The monoisotopic (exact) mass is 348 g/mol. The molecule has 0 spiro atoms. The molecule has 1 aromatic heterocycles. The van der Waals surface area contributed by atoms with Gasteiger partial charge in [0.15, 0.2) is 5.88 Å². The third kappa shape index (κ3) is 3.18. The van der Waals surface area contributed by atoms with Crippen molar-refractivity contribution in [1.82, 2.24) is 9.88 Å². The number of nitrogen functional groups attached to an aromatic ring is 1. The van der Waals surface area contributed by atoms with Gasteiger partial charge in [-0.25, -0.2) is 0 Å². The second-order valence-corrected chi connectivity index (χ2v) is 7.03. The maximum Gasteiger partial charge on any atom is 0.199 e. The minimum absolute atomic E-state index is 0.140. The van der Waals surface area contributed by atoms with E-state index in [9.17, 15) is 5.11 Å². The molecule has 134 valence electrons. The number of rotatable bonds is 3. The van der Waals surface area contributed by atoms with Crippen LogP contribution in [-0.2, 0) is 0 Å². The second-order valence-electron chi connectivity index (χ2n) is 7.03. The van der Waals surface area contributed by atoms with Gasteiger partial charge in [0.2, 0.25) is 0 Å². The fraction of sp³-hybridized carbons (Fsp3) is 0.286. The maximum absolute atomic E-state index is 10.6. The van der Waals surface area contributed by atoms with Crippen LogP contribution in [-0.4, -0.2) is 46.9 Å². The summed E-state index contributed by atoms with van der Waals surface area (Å²) in [7, 11) is 2.15. The van der Waals surface area contributed by atoms with E-state index in [1.165, 1.54) is 0 Å². The molecule has 3 aromatic rings. The number of likely N-dealkylation sites (tertiary alicyclic amines) is 1. The van der Waals surface area contributed by atoms with E-state index in [0.717, 1.165) is 53.7 Å². The van der Waals surface area contributed by atoms with Crippen LogP contribution in [0.15, 0.2) is 53.5 Å². The lowest BCUT2D eigenvalue weighted by Crippen LogP contribution is -2.32. The van der Waals surface area contributed by atoms with Gasteiger partial charge in [-0.3, -0.25) is 4.99 Å². The molecule has 1 aliphatic heterocycles. The summed E-state index contributed by atoms with van der Waals surface area (Å²) < 4.78 is 0. The Morgan fingerprint density at radius 3 is 2.62 bits per heavy atom. The zero-order valence-electron chi connectivity index (χ0n) is 14.9. The van der Waals surface area contributed by atoms with Crippen LogP contribution < -0.4 is 5.73 Å². The summed E-state index contributed by atoms with van der Waals surface area (Å²) in [5, 5.41) is 11.6. The molecule has 4 N–H and O–H groups in total. The van der Waals surface area contributed by atoms with Crippen LogP contribution in [0.3, 0.4) is 0 Å². The topological polar surface area (TPSA) is 77.6 Å². The summed E-state index contributed by atoms with van der Waals surface area (Å²) in [4.78, 5) is 10.5. The van der Waals surface area contributed by atoms with Gasteiger partial charge in [0.25, 0.3) is 0 Å². The number of hydrogen-bond acceptors (Lipinski definition) is 4. The standard InChI is InChI=1S/C21H24N4O/c1-25-11-9-16(10-12-25)23-20(14-5-3-2-4-6-14)19-17-8-7-15(22)13-18(17)24-21(19)26/h2-8,13,16,24,26H,9-12,22H2,1H3. The van der Waals surface area contributed by atoms with Crippen molar-refractivity contribution >= 4 is 22.3 Å².